The van der Waals surface area contributed by atoms with Crippen LogP contribution in [0, 0.1) is 10.1 Å². The first-order valence-corrected chi connectivity index (χ1v) is 6.93. The summed E-state index contributed by atoms with van der Waals surface area (Å²) in [7, 11) is 0. The molecule has 5 nitrogen and oxygen atoms in total. The van der Waals surface area contributed by atoms with Crippen LogP contribution < -0.4 is 5.32 Å². The molecule has 0 amide bonds. The lowest BCUT2D eigenvalue weighted by atomic mass is 10.1. The smallest absolute Gasteiger partial charge is 0.270 e. The first kappa shape index (κ1) is 14.6. The van der Waals surface area contributed by atoms with Gasteiger partial charge in [0.15, 0.2) is 0 Å². The molecule has 0 fully saturated rings. The second-order valence-corrected chi connectivity index (χ2v) is 5.38. The normalized spacial score (nSPS) is 12.1. The molecule has 1 aromatic carbocycles. The maximum absolute atomic E-state index is 10.8. The summed E-state index contributed by atoms with van der Waals surface area (Å²) in [5, 5.41) is 14.1. The summed E-state index contributed by atoms with van der Waals surface area (Å²) in [4.78, 5) is 14.5. The van der Waals surface area contributed by atoms with Gasteiger partial charge in [0.1, 0.15) is 0 Å². The van der Waals surface area contributed by atoms with Crippen LogP contribution in [0.25, 0.3) is 0 Å². The maximum atomic E-state index is 10.8. The minimum absolute atomic E-state index is 0.0882. The van der Waals surface area contributed by atoms with Crippen molar-refractivity contribution in [2.75, 3.05) is 0 Å². The van der Waals surface area contributed by atoms with Crippen molar-refractivity contribution in [1.82, 2.24) is 10.3 Å². The highest BCUT2D eigenvalue weighted by Crippen LogP contribution is 2.22. The number of aromatic nitrogens is 1. The summed E-state index contributed by atoms with van der Waals surface area (Å²) < 4.78 is 0.706. The van der Waals surface area contributed by atoms with Crippen molar-refractivity contribution in [1.29, 1.82) is 0 Å². The van der Waals surface area contributed by atoms with Crippen molar-refractivity contribution >= 4 is 21.6 Å². The number of halogens is 1. The molecule has 0 aliphatic rings. The van der Waals surface area contributed by atoms with Crippen LogP contribution in [0.3, 0.4) is 0 Å². The molecular weight excluding hydrogens is 322 g/mol. The van der Waals surface area contributed by atoms with Gasteiger partial charge in [0.25, 0.3) is 5.69 Å². The standard InChI is InChI=1S/C14H14BrN3O2/c1-10(12-3-2-4-16-9-12)17-8-11-5-13(15)7-14(6-11)18(19)20/h2-7,9-10,17H,8H2,1H3/t10-/m0/s1. The van der Waals surface area contributed by atoms with E-state index in [-0.39, 0.29) is 11.7 Å². The van der Waals surface area contributed by atoms with Crippen LogP contribution in [0.5, 0.6) is 0 Å². The monoisotopic (exact) mass is 335 g/mol. The quantitative estimate of drug-likeness (QED) is 0.669. The largest absolute Gasteiger partial charge is 0.306 e. The third-order valence-electron chi connectivity index (χ3n) is 2.95. The number of benzene rings is 1. The zero-order valence-electron chi connectivity index (χ0n) is 10.9. The molecular formula is C14H14BrN3O2. The molecule has 0 bridgehead atoms. The lowest BCUT2D eigenvalue weighted by Crippen LogP contribution is -2.18. The van der Waals surface area contributed by atoms with Gasteiger partial charge in [0.05, 0.1) is 4.92 Å². The van der Waals surface area contributed by atoms with Gasteiger partial charge >= 0.3 is 0 Å². The van der Waals surface area contributed by atoms with Gasteiger partial charge in [-0.3, -0.25) is 15.1 Å². The Balaban J connectivity index is 2.06. The highest BCUT2D eigenvalue weighted by atomic mass is 79.9. The number of hydrogen-bond donors (Lipinski definition) is 1. The Kier molecular flexibility index (Phi) is 4.81. The molecule has 6 heteroatoms. The van der Waals surface area contributed by atoms with Crippen LogP contribution in [0.2, 0.25) is 0 Å². The third kappa shape index (κ3) is 3.85. The fourth-order valence-corrected chi connectivity index (χ4v) is 2.39. The van der Waals surface area contributed by atoms with Crippen molar-refractivity contribution in [2.45, 2.75) is 19.5 Å². The average Bonchev–Trinajstić information content (AvgIpc) is 2.45. The van der Waals surface area contributed by atoms with Gasteiger partial charge in [-0.1, -0.05) is 22.0 Å². The fourth-order valence-electron chi connectivity index (χ4n) is 1.86. The zero-order valence-corrected chi connectivity index (χ0v) is 12.5. The first-order valence-electron chi connectivity index (χ1n) is 6.13. The zero-order chi connectivity index (χ0) is 14.5. The lowest BCUT2D eigenvalue weighted by Gasteiger charge is -2.13. The number of rotatable bonds is 5. The van der Waals surface area contributed by atoms with Gasteiger partial charge in [-0.2, -0.15) is 0 Å². The van der Waals surface area contributed by atoms with Gasteiger partial charge in [-0.15, -0.1) is 0 Å². The van der Waals surface area contributed by atoms with Crippen molar-refractivity contribution in [3.05, 3.63) is 68.4 Å². The Hall–Kier alpha value is -1.79. The predicted octanol–water partition coefficient (Wildman–Crippen LogP) is 3.60. The third-order valence-corrected chi connectivity index (χ3v) is 3.41. The van der Waals surface area contributed by atoms with Gasteiger partial charge in [-0.25, -0.2) is 0 Å². The summed E-state index contributed by atoms with van der Waals surface area (Å²) in [5.41, 5.74) is 2.03. The molecule has 0 spiro atoms. The van der Waals surface area contributed by atoms with E-state index in [4.69, 9.17) is 0 Å². The van der Waals surface area contributed by atoms with Gasteiger partial charge in [0.2, 0.25) is 0 Å². The highest BCUT2D eigenvalue weighted by molar-refractivity contribution is 9.10. The number of nitro benzene ring substituents is 1. The van der Waals surface area contributed by atoms with Crippen LogP contribution in [-0.2, 0) is 6.54 Å². The summed E-state index contributed by atoms with van der Waals surface area (Å²) in [6.07, 6.45) is 3.54. The first-order chi connectivity index (χ1) is 9.56. The Bertz CT molecular complexity index is 605. The molecule has 1 N–H and O–H groups in total. The van der Waals surface area contributed by atoms with E-state index in [0.29, 0.717) is 11.0 Å². The number of nitro groups is 1. The van der Waals surface area contributed by atoms with Crippen molar-refractivity contribution < 1.29 is 4.92 Å². The topological polar surface area (TPSA) is 68.1 Å². The number of nitrogens with one attached hydrogen (secondary N) is 1. The molecule has 20 heavy (non-hydrogen) atoms. The average molecular weight is 336 g/mol. The van der Waals surface area contributed by atoms with Crippen molar-refractivity contribution in [3.63, 3.8) is 0 Å². The van der Waals surface area contributed by atoms with E-state index < -0.39 is 4.92 Å². The molecule has 0 saturated heterocycles. The van der Waals surface area contributed by atoms with Gasteiger partial charge in [0, 0.05) is 41.6 Å². The van der Waals surface area contributed by atoms with Crippen molar-refractivity contribution in [2.24, 2.45) is 0 Å². The van der Waals surface area contributed by atoms with Gasteiger partial charge in [-0.05, 0) is 30.2 Å². The van der Waals surface area contributed by atoms with E-state index in [2.05, 4.69) is 26.2 Å². The minimum atomic E-state index is -0.390. The molecule has 1 aromatic heterocycles. The second-order valence-electron chi connectivity index (χ2n) is 4.46. The Morgan fingerprint density at radius 1 is 1.45 bits per heavy atom. The summed E-state index contributed by atoms with van der Waals surface area (Å²) in [6, 6.07) is 8.95. The summed E-state index contributed by atoms with van der Waals surface area (Å²) >= 11 is 3.29. The SMILES string of the molecule is C[C@H](NCc1cc(Br)cc([N+](=O)[O-])c1)c1cccnc1. The lowest BCUT2D eigenvalue weighted by molar-refractivity contribution is -0.385. The minimum Gasteiger partial charge on any atom is -0.306 e. The molecule has 0 radical (unpaired) electrons. The van der Waals surface area contributed by atoms with E-state index in [1.807, 2.05) is 25.1 Å². The van der Waals surface area contributed by atoms with E-state index >= 15 is 0 Å². The summed E-state index contributed by atoms with van der Waals surface area (Å²) in [6.45, 7) is 2.58. The van der Waals surface area contributed by atoms with E-state index in [1.165, 1.54) is 6.07 Å². The van der Waals surface area contributed by atoms with Crippen LogP contribution in [-0.4, -0.2) is 9.91 Å². The molecule has 0 aliphatic heterocycles. The number of pyridine rings is 1. The number of non-ortho nitro benzene ring substituents is 1. The molecule has 104 valence electrons. The van der Waals surface area contributed by atoms with Crippen LogP contribution >= 0.6 is 15.9 Å². The maximum Gasteiger partial charge on any atom is 0.270 e. The Morgan fingerprint density at radius 2 is 2.25 bits per heavy atom. The van der Waals surface area contributed by atoms with E-state index in [9.17, 15) is 10.1 Å². The molecule has 0 aliphatic carbocycles. The van der Waals surface area contributed by atoms with E-state index in [1.54, 1.807) is 18.5 Å². The van der Waals surface area contributed by atoms with Crippen LogP contribution in [0.15, 0.2) is 47.2 Å². The molecule has 1 atom stereocenters. The fraction of sp³-hybridized carbons (Fsp3) is 0.214. The predicted molar refractivity (Wildman–Crippen MR) is 80.3 cm³/mol. The van der Waals surface area contributed by atoms with Gasteiger partial charge < -0.3 is 5.32 Å². The summed E-state index contributed by atoms with van der Waals surface area (Å²) in [5.74, 6) is 0. The molecule has 0 unspecified atom stereocenters. The molecule has 2 rings (SSSR count). The number of hydrogen-bond acceptors (Lipinski definition) is 4. The molecule has 0 saturated carbocycles. The van der Waals surface area contributed by atoms with Crippen LogP contribution in [0.1, 0.15) is 24.1 Å². The Labute approximate surface area is 125 Å². The van der Waals surface area contributed by atoms with E-state index in [0.717, 1.165) is 11.1 Å². The second kappa shape index (κ2) is 6.58. The number of nitrogens with zero attached hydrogens (tertiary/aromatic N) is 2. The highest BCUT2D eigenvalue weighted by Gasteiger charge is 2.10. The van der Waals surface area contributed by atoms with Crippen LogP contribution in [0.4, 0.5) is 5.69 Å². The van der Waals surface area contributed by atoms with Crippen molar-refractivity contribution in [3.8, 4) is 0 Å². The molecule has 2 aromatic rings. The Morgan fingerprint density at radius 3 is 2.90 bits per heavy atom. The molecule has 1 heterocycles.